The lowest BCUT2D eigenvalue weighted by Crippen LogP contribution is -2.22. The van der Waals surface area contributed by atoms with E-state index in [-0.39, 0.29) is 18.4 Å². The van der Waals surface area contributed by atoms with Crippen molar-refractivity contribution < 1.29 is 19.1 Å². The van der Waals surface area contributed by atoms with E-state index in [9.17, 15) is 14.4 Å². The molecule has 0 unspecified atom stereocenters. The number of anilines is 1. The third kappa shape index (κ3) is 6.92. The van der Waals surface area contributed by atoms with E-state index in [1.54, 1.807) is 36.4 Å². The maximum Gasteiger partial charge on any atom is 0.308 e. The fourth-order valence-corrected chi connectivity index (χ4v) is 2.46. The number of carbonyl (C=O) groups is 3. The fourth-order valence-electron chi connectivity index (χ4n) is 2.46. The predicted octanol–water partition coefficient (Wildman–Crippen LogP) is 4.08. The van der Waals surface area contributed by atoms with E-state index in [0.717, 1.165) is 11.1 Å². The highest BCUT2D eigenvalue weighted by Crippen LogP contribution is 2.19. The molecule has 29 heavy (non-hydrogen) atoms. The molecule has 6 nitrogen and oxygen atoms in total. The summed E-state index contributed by atoms with van der Waals surface area (Å²) in [5.41, 5.74) is 2.73. The molecule has 0 bridgehead atoms. The average Bonchev–Trinajstić information content (AvgIpc) is 2.66. The van der Waals surface area contributed by atoms with Crippen molar-refractivity contribution >= 4 is 23.5 Å². The van der Waals surface area contributed by atoms with Crippen molar-refractivity contribution in [2.75, 3.05) is 5.32 Å². The number of esters is 1. The molecule has 0 spiro atoms. The minimum absolute atomic E-state index is 0.175. The summed E-state index contributed by atoms with van der Waals surface area (Å²) in [6, 6.07) is 13.6. The summed E-state index contributed by atoms with van der Waals surface area (Å²) in [6.07, 6.45) is 1.59. The van der Waals surface area contributed by atoms with Crippen molar-refractivity contribution in [2.24, 2.45) is 5.92 Å². The molecule has 0 aromatic heterocycles. The van der Waals surface area contributed by atoms with Gasteiger partial charge in [-0.05, 0) is 42.7 Å². The van der Waals surface area contributed by atoms with Crippen LogP contribution >= 0.6 is 0 Å². The lowest BCUT2D eigenvalue weighted by atomic mass is 10.1. The molecule has 2 amide bonds. The third-order valence-corrected chi connectivity index (χ3v) is 4.35. The van der Waals surface area contributed by atoms with Crippen molar-refractivity contribution in [3.63, 3.8) is 0 Å². The van der Waals surface area contributed by atoms with Gasteiger partial charge in [0.25, 0.3) is 5.91 Å². The number of rotatable bonds is 7. The molecule has 6 heteroatoms. The van der Waals surface area contributed by atoms with Crippen LogP contribution in [0.2, 0.25) is 0 Å². The highest BCUT2D eigenvalue weighted by molar-refractivity contribution is 6.05. The summed E-state index contributed by atoms with van der Waals surface area (Å²) >= 11 is 0. The van der Waals surface area contributed by atoms with E-state index >= 15 is 0 Å². The Kier molecular flexibility index (Phi) is 7.71. The van der Waals surface area contributed by atoms with Gasteiger partial charge in [-0.25, -0.2) is 0 Å². The molecular weight excluding hydrogens is 368 g/mol. The summed E-state index contributed by atoms with van der Waals surface area (Å²) < 4.78 is 5.02. The van der Waals surface area contributed by atoms with Crippen molar-refractivity contribution in [3.8, 4) is 5.75 Å². The molecule has 2 rings (SSSR count). The number of hydrogen-bond donors (Lipinski definition) is 2. The topological polar surface area (TPSA) is 84.5 Å². The first-order chi connectivity index (χ1) is 13.8. The monoisotopic (exact) mass is 394 g/mol. The number of ether oxygens (including phenoxy) is 1. The van der Waals surface area contributed by atoms with Crippen LogP contribution in [0, 0.1) is 5.92 Å². The normalized spacial score (nSPS) is 11.1. The first-order valence-electron chi connectivity index (χ1n) is 9.40. The maximum atomic E-state index is 12.6. The van der Waals surface area contributed by atoms with E-state index < -0.39 is 5.97 Å². The van der Waals surface area contributed by atoms with Gasteiger partial charge in [0.1, 0.15) is 5.75 Å². The molecule has 0 atom stereocenters. The molecule has 0 aliphatic rings. The molecular formula is C23H26N2O4. The Labute approximate surface area is 171 Å². The van der Waals surface area contributed by atoms with Crippen molar-refractivity contribution in [3.05, 3.63) is 71.3 Å². The molecule has 0 aliphatic carbocycles. The minimum atomic E-state index is -0.453. The molecule has 152 valence electrons. The smallest absolute Gasteiger partial charge is 0.308 e. The maximum absolute atomic E-state index is 12.6. The lowest BCUT2D eigenvalue weighted by Gasteiger charge is -2.12. The van der Waals surface area contributed by atoms with Crippen LogP contribution in [-0.2, 0) is 16.1 Å². The predicted molar refractivity (Wildman–Crippen MR) is 113 cm³/mol. The zero-order valence-electron chi connectivity index (χ0n) is 17.1. The number of carbonyl (C=O) groups excluding carboxylic acids is 3. The van der Waals surface area contributed by atoms with Crippen LogP contribution in [0.25, 0.3) is 0 Å². The van der Waals surface area contributed by atoms with Gasteiger partial charge in [-0.1, -0.05) is 43.7 Å². The van der Waals surface area contributed by atoms with Crippen molar-refractivity contribution in [1.82, 2.24) is 5.32 Å². The lowest BCUT2D eigenvalue weighted by molar-refractivity contribution is -0.131. The Balaban J connectivity index is 2.09. The average molecular weight is 394 g/mol. The van der Waals surface area contributed by atoms with E-state index in [4.69, 9.17) is 4.74 Å². The number of nitrogens with one attached hydrogen (secondary N) is 2. The standard InChI is InChI=1S/C23H26N2O4/c1-15(2)16(3)12-22(27)24-14-19-8-5-6-11-21(19)25-23(28)18-9-7-10-20(13-18)29-17(4)26/h5-13,15H,14H2,1-4H3,(H,24,27)(H,25,28)/b16-12+. The van der Waals surface area contributed by atoms with Crippen LogP contribution in [0.4, 0.5) is 5.69 Å². The van der Waals surface area contributed by atoms with Gasteiger partial charge in [-0.2, -0.15) is 0 Å². The van der Waals surface area contributed by atoms with Crippen LogP contribution in [0.3, 0.4) is 0 Å². The van der Waals surface area contributed by atoms with Crippen LogP contribution < -0.4 is 15.4 Å². The Morgan fingerprint density at radius 1 is 1.03 bits per heavy atom. The molecule has 2 aromatic rings. The van der Waals surface area contributed by atoms with Crippen LogP contribution in [0.5, 0.6) is 5.75 Å². The number of para-hydroxylation sites is 1. The van der Waals surface area contributed by atoms with Gasteiger partial charge < -0.3 is 15.4 Å². The molecule has 0 aliphatic heterocycles. The second-order valence-corrected chi connectivity index (χ2v) is 6.99. The van der Waals surface area contributed by atoms with Crippen LogP contribution in [-0.4, -0.2) is 17.8 Å². The van der Waals surface area contributed by atoms with Gasteiger partial charge in [0.15, 0.2) is 0 Å². The third-order valence-electron chi connectivity index (χ3n) is 4.35. The van der Waals surface area contributed by atoms with Gasteiger partial charge in [0.2, 0.25) is 5.91 Å². The Morgan fingerprint density at radius 3 is 2.45 bits per heavy atom. The largest absolute Gasteiger partial charge is 0.427 e. The first-order valence-corrected chi connectivity index (χ1v) is 9.40. The van der Waals surface area contributed by atoms with Gasteiger partial charge in [0.05, 0.1) is 0 Å². The molecule has 0 radical (unpaired) electrons. The SMILES string of the molecule is CC(=O)Oc1cccc(C(=O)Nc2ccccc2CNC(=O)/C=C(\C)C(C)C)c1. The molecule has 0 saturated heterocycles. The zero-order valence-corrected chi connectivity index (χ0v) is 17.1. The number of amides is 2. The van der Waals surface area contributed by atoms with Gasteiger partial charge >= 0.3 is 5.97 Å². The van der Waals surface area contributed by atoms with Crippen LogP contribution in [0.1, 0.15) is 43.6 Å². The molecule has 2 N–H and O–H groups in total. The van der Waals surface area contributed by atoms with Crippen molar-refractivity contribution in [1.29, 1.82) is 0 Å². The second-order valence-electron chi connectivity index (χ2n) is 6.99. The Morgan fingerprint density at radius 2 is 1.76 bits per heavy atom. The van der Waals surface area contributed by atoms with Gasteiger partial charge in [0, 0.05) is 30.8 Å². The number of benzene rings is 2. The van der Waals surface area contributed by atoms with Crippen molar-refractivity contribution in [2.45, 2.75) is 34.2 Å². The fraction of sp³-hybridized carbons (Fsp3) is 0.261. The Bertz CT molecular complexity index is 932. The van der Waals surface area contributed by atoms with E-state index in [2.05, 4.69) is 10.6 Å². The van der Waals surface area contributed by atoms with E-state index in [1.165, 1.54) is 13.0 Å². The Hall–Kier alpha value is -3.41. The van der Waals surface area contributed by atoms with Gasteiger partial charge in [-0.15, -0.1) is 0 Å². The van der Waals surface area contributed by atoms with Gasteiger partial charge in [-0.3, -0.25) is 14.4 Å². The highest BCUT2D eigenvalue weighted by atomic mass is 16.5. The summed E-state index contributed by atoms with van der Waals surface area (Å²) in [4.78, 5) is 35.8. The minimum Gasteiger partial charge on any atom is -0.427 e. The summed E-state index contributed by atoms with van der Waals surface area (Å²) in [6.45, 7) is 7.56. The second kappa shape index (κ2) is 10.2. The van der Waals surface area contributed by atoms with E-state index in [1.807, 2.05) is 32.9 Å². The molecule has 0 saturated carbocycles. The summed E-state index contributed by atoms with van der Waals surface area (Å²) in [5, 5.41) is 5.69. The zero-order chi connectivity index (χ0) is 21.4. The number of allylic oxidation sites excluding steroid dienone is 1. The highest BCUT2D eigenvalue weighted by Gasteiger charge is 2.11. The molecule has 0 heterocycles. The van der Waals surface area contributed by atoms with Crippen LogP contribution in [0.15, 0.2) is 60.2 Å². The molecule has 0 fully saturated rings. The van der Waals surface area contributed by atoms with E-state index in [0.29, 0.717) is 22.9 Å². The quantitative estimate of drug-likeness (QED) is 0.421. The summed E-state index contributed by atoms with van der Waals surface area (Å²) in [7, 11) is 0. The first kappa shape index (κ1) is 21.9. The molecule has 2 aromatic carbocycles. The number of hydrogen-bond acceptors (Lipinski definition) is 4. The summed E-state index contributed by atoms with van der Waals surface area (Å²) in [5.74, 6) is -0.363.